The summed E-state index contributed by atoms with van der Waals surface area (Å²) >= 11 is 0. The Hall–Kier alpha value is -2.21. The van der Waals surface area contributed by atoms with E-state index in [2.05, 4.69) is 20.5 Å². The fourth-order valence-corrected chi connectivity index (χ4v) is 3.45. The highest BCUT2D eigenvalue weighted by Gasteiger charge is 2.35. The van der Waals surface area contributed by atoms with Gasteiger partial charge in [0, 0.05) is 12.6 Å². The maximum atomic E-state index is 12.4. The van der Waals surface area contributed by atoms with Gasteiger partial charge in [-0.2, -0.15) is 0 Å². The lowest BCUT2D eigenvalue weighted by molar-refractivity contribution is 0.0617. The number of carbonyl (C=O) groups is 1. The van der Waals surface area contributed by atoms with Gasteiger partial charge in [0.1, 0.15) is 0 Å². The van der Waals surface area contributed by atoms with E-state index >= 15 is 0 Å². The first-order chi connectivity index (χ1) is 10.8. The molecule has 1 atom stereocenters. The van der Waals surface area contributed by atoms with Crippen LogP contribution in [-0.4, -0.2) is 51.5 Å². The average molecular weight is 297 g/mol. The number of rotatable bonds is 3. The molecule has 0 spiro atoms. The molecule has 4 heterocycles. The zero-order chi connectivity index (χ0) is 14.9. The van der Waals surface area contributed by atoms with E-state index in [4.69, 9.17) is 0 Å². The van der Waals surface area contributed by atoms with E-state index in [1.165, 1.54) is 25.9 Å². The first-order valence-electron chi connectivity index (χ1n) is 7.80. The summed E-state index contributed by atoms with van der Waals surface area (Å²) in [5.41, 5.74) is 1.28. The van der Waals surface area contributed by atoms with Crippen LogP contribution in [0, 0.1) is 5.92 Å². The summed E-state index contributed by atoms with van der Waals surface area (Å²) in [6.45, 7) is 3.30. The Morgan fingerprint density at radius 2 is 1.95 bits per heavy atom. The van der Waals surface area contributed by atoms with E-state index in [-0.39, 0.29) is 11.9 Å². The summed E-state index contributed by atoms with van der Waals surface area (Å²) in [5, 5.41) is 11.2. The molecule has 5 rings (SSSR count). The van der Waals surface area contributed by atoms with Crippen molar-refractivity contribution in [1.29, 1.82) is 0 Å². The van der Waals surface area contributed by atoms with Crippen molar-refractivity contribution in [3.05, 3.63) is 42.2 Å². The number of aromatic nitrogens is 3. The third kappa shape index (κ3) is 2.50. The van der Waals surface area contributed by atoms with Crippen LogP contribution >= 0.6 is 0 Å². The minimum Gasteiger partial charge on any atom is -0.346 e. The van der Waals surface area contributed by atoms with Crippen molar-refractivity contribution in [2.75, 3.05) is 19.6 Å². The highest BCUT2D eigenvalue weighted by atomic mass is 16.2. The normalized spacial score (nSPS) is 26.8. The van der Waals surface area contributed by atoms with E-state index in [1.54, 1.807) is 10.9 Å². The molecule has 0 aliphatic carbocycles. The minimum atomic E-state index is -0.124. The van der Waals surface area contributed by atoms with Crippen LogP contribution in [0.1, 0.15) is 23.3 Å². The number of carbonyl (C=O) groups excluding carboxylic acids is 1. The Bertz CT molecular complexity index is 660. The topological polar surface area (TPSA) is 63.1 Å². The number of nitrogens with one attached hydrogen (secondary N) is 1. The van der Waals surface area contributed by atoms with Gasteiger partial charge in [0.25, 0.3) is 5.91 Å². The van der Waals surface area contributed by atoms with Crippen molar-refractivity contribution in [2.24, 2.45) is 5.92 Å². The lowest BCUT2D eigenvalue weighted by atomic mass is 9.84. The van der Waals surface area contributed by atoms with Gasteiger partial charge < -0.3 is 10.2 Å². The molecule has 114 valence electrons. The van der Waals surface area contributed by atoms with Gasteiger partial charge >= 0.3 is 0 Å². The molecule has 1 amide bonds. The molecule has 6 heteroatoms. The lowest BCUT2D eigenvalue weighted by Crippen LogP contribution is -2.57. The fraction of sp³-hybridized carbons (Fsp3) is 0.438. The third-order valence-electron chi connectivity index (χ3n) is 4.72. The third-order valence-corrected chi connectivity index (χ3v) is 4.72. The van der Waals surface area contributed by atoms with Gasteiger partial charge in [-0.3, -0.25) is 4.79 Å². The van der Waals surface area contributed by atoms with Crippen molar-refractivity contribution in [3.63, 3.8) is 0 Å². The minimum absolute atomic E-state index is 0.124. The Morgan fingerprint density at radius 1 is 1.18 bits per heavy atom. The number of para-hydroxylation sites is 1. The molecule has 1 N–H and O–H groups in total. The highest BCUT2D eigenvalue weighted by molar-refractivity contribution is 5.92. The monoisotopic (exact) mass is 297 g/mol. The van der Waals surface area contributed by atoms with Crippen LogP contribution in [0.2, 0.25) is 0 Å². The van der Waals surface area contributed by atoms with Crippen LogP contribution in [0.4, 0.5) is 0 Å². The molecule has 2 aromatic rings. The van der Waals surface area contributed by atoms with Gasteiger partial charge in [0.2, 0.25) is 0 Å². The molecule has 3 saturated heterocycles. The van der Waals surface area contributed by atoms with Crippen LogP contribution < -0.4 is 5.32 Å². The molecule has 3 fully saturated rings. The van der Waals surface area contributed by atoms with Gasteiger partial charge in [-0.15, -0.1) is 5.10 Å². The lowest BCUT2D eigenvalue weighted by Gasteiger charge is -2.44. The van der Waals surface area contributed by atoms with E-state index in [0.29, 0.717) is 11.6 Å². The molecule has 0 saturated carbocycles. The Morgan fingerprint density at radius 3 is 2.64 bits per heavy atom. The Balaban J connectivity index is 1.46. The standard InChI is InChI=1S/C16H19N5O/c22-16(17-14-10-20-8-6-12(14)7-9-20)15-11-21(19-18-15)13-4-2-1-3-5-13/h1-5,11-12,14H,6-10H2,(H,17,22). The smallest absolute Gasteiger partial charge is 0.273 e. The predicted octanol–water partition coefficient (Wildman–Crippen LogP) is 1.09. The molecule has 3 aliphatic heterocycles. The number of hydrogen-bond acceptors (Lipinski definition) is 4. The zero-order valence-corrected chi connectivity index (χ0v) is 12.4. The number of hydrogen-bond donors (Lipinski definition) is 1. The van der Waals surface area contributed by atoms with Crippen molar-refractivity contribution in [3.8, 4) is 5.69 Å². The SMILES string of the molecule is O=C(NC1CN2CCC1CC2)c1cn(-c2ccccc2)nn1. The summed E-state index contributed by atoms with van der Waals surface area (Å²) in [6, 6.07) is 9.93. The van der Waals surface area contributed by atoms with Crippen LogP contribution in [-0.2, 0) is 0 Å². The summed E-state index contributed by atoms with van der Waals surface area (Å²) in [6.07, 6.45) is 4.05. The molecule has 0 radical (unpaired) electrons. The molecule has 1 aromatic carbocycles. The van der Waals surface area contributed by atoms with Crippen molar-refractivity contribution >= 4 is 5.91 Å². The van der Waals surface area contributed by atoms with Crippen molar-refractivity contribution < 1.29 is 4.79 Å². The number of amides is 1. The molecule has 1 aromatic heterocycles. The Labute approximate surface area is 129 Å². The van der Waals surface area contributed by atoms with Gasteiger partial charge in [-0.05, 0) is 44.0 Å². The zero-order valence-electron chi connectivity index (χ0n) is 12.4. The summed E-state index contributed by atoms with van der Waals surface area (Å²) in [5.74, 6) is 0.485. The largest absolute Gasteiger partial charge is 0.346 e. The molecule has 3 aliphatic rings. The maximum Gasteiger partial charge on any atom is 0.273 e. The van der Waals surface area contributed by atoms with E-state index < -0.39 is 0 Å². The summed E-state index contributed by atoms with van der Waals surface area (Å²) in [4.78, 5) is 14.8. The van der Waals surface area contributed by atoms with Crippen molar-refractivity contribution in [1.82, 2.24) is 25.2 Å². The van der Waals surface area contributed by atoms with Crippen LogP contribution in [0.25, 0.3) is 5.69 Å². The van der Waals surface area contributed by atoms with Gasteiger partial charge in [0.15, 0.2) is 5.69 Å². The number of piperidine rings is 3. The van der Waals surface area contributed by atoms with E-state index in [0.717, 1.165) is 12.2 Å². The average Bonchev–Trinajstić information content (AvgIpc) is 3.07. The fourth-order valence-electron chi connectivity index (χ4n) is 3.45. The Kier molecular flexibility index (Phi) is 3.38. The molecule has 22 heavy (non-hydrogen) atoms. The molecular formula is C16H19N5O. The van der Waals surface area contributed by atoms with Crippen LogP contribution in [0.15, 0.2) is 36.5 Å². The van der Waals surface area contributed by atoms with Crippen LogP contribution in [0.3, 0.4) is 0 Å². The molecule has 2 bridgehead atoms. The number of benzene rings is 1. The first-order valence-corrected chi connectivity index (χ1v) is 7.80. The van der Waals surface area contributed by atoms with Crippen molar-refractivity contribution in [2.45, 2.75) is 18.9 Å². The second kappa shape index (κ2) is 5.53. The molecular weight excluding hydrogens is 278 g/mol. The number of fused-ring (bicyclic) bond motifs is 3. The van der Waals surface area contributed by atoms with E-state index in [1.807, 2.05) is 30.3 Å². The predicted molar refractivity (Wildman–Crippen MR) is 81.8 cm³/mol. The molecule has 6 nitrogen and oxygen atoms in total. The summed E-state index contributed by atoms with van der Waals surface area (Å²) < 4.78 is 1.63. The first kappa shape index (κ1) is 13.5. The molecule has 1 unspecified atom stereocenters. The maximum absolute atomic E-state index is 12.4. The van der Waals surface area contributed by atoms with E-state index in [9.17, 15) is 4.79 Å². The quantitative estimate of drug-likeness (QED) is 0.921. The van der Waals surface area contributed by atoms with Crippen LogP contribution in [0.5, 0.6) is 0 Å². The second-order valence-electron chi connectivity index (χ2n) is 6.10. The highest BCUT2D eigenvalue weighted by Crippen LogP contribution is 2.27. The van der Waals surface area contributed by atoms with Gasteiger partial charge in [-0.25, -0.2) is 4.68 Å². The second-order valence-corrected chi connectivity index (χ2v) is 6.10. The van der Waals surface area contributed by atoms with Gasteiger partial charge in [-0.1, -0.05) is 23.4 Å². The number of nitrogens with zero attached hydrogens (tertiary/aromatic N) is 4. The summed E-state index contributed by atoms with van der Waals surface area (Å²) in [7, 11) is 0. The van der Waals surface area contributed by atoms with Gasteiger partial charge in [0.05, 0.1) is 11.9 Å².